The Hall–Kier alpha value is -1.36. The van der Waals surface area contributed by atoms with Gasteiger partial charge in [0, 0.05) is 43.3 Å². The molecule has 1 aromatic heterocycles. The van der Waals surface area contributed by atoms with Crippen molar-refractivity contribution in [1.29, 1.82) is 0 Å². The minimum absolute atomic E-state index is 0. The van der Waals surface area contributed by atoms with E-state index in [9.17, 15) is 12.8 Å². The number of aliphatic imine (C=N–C) groups is 1. The van der Waals surface area contributed by atoms with Crippen molar-refractivity contribution in [3.05, 3.63) is 35.8 Å². The van der Waals surface area contributed by atoms with E-state index in [-0.39, 0.29) is 35.5 Å². The van der Waals surface area contributed by atoms with Crippen LogP contribution in [0.15, 0.2) is 29.4 Å². The first-order valence-corrected chi connectivity index (χ1v) is 10.9. The molecule has 2 aromatic rings. The number of aromatic nitrogens is 1. The second-order valence-electron chi connectivity index (χ2n) is 7.49. The van der Waals surface area contributed by atoms with Crippen molar-refractivity contribution in [2.75, 3.05) is 31.9 Å². The molecule has 0 amide bonds. The molecule has 156 valence electrons. The van der Waals surface area contributed by atoms with Gasteiger partial charge in [-0.1, -0.05) is 0 Å². The summed E-state index contributed by atoms with van der Waals surface area (Å²) in [5, 5.41) is 4.27. The largest absolute Gasteiger partial charge is 0.361 e. The van der Waals surface area contributed by atoms with Gasteiger partial charge >= 0.3 is 0 Å². The number of benzene rings is 1. The molecular formula is C19H28FIN4O2S. The lowest BCUT2D eigenvalue weighted by molar-refractivity contribution is 0.353. The number of rotatable bonds is 4. The van der Waals surface area contributed by atoms with E-state index in [0.29, 0.717) is 19.6 Å². The Morgan fingerprint density at radius 2 is 2.14 bits per heavy atom. The highest BCUT2D eigenvalue weighted by atomic mass is 127. The topological polar surface area (TPSA) is 77.6 Å². The van der Waals surface area contributed by atoms with E-state index in [4.69, 9.17) is 4.99 Å². The Morgan fingerprint density at radius 1 is 1.39 bits per heavy atom. The Labute approximate surface area is 182 Å². The molecule has 1 aliphatic heterocycles. The molecule has 0 spiro atoms. The highest BCUT2D eigenvalue weighted by Gasteiger charge is 2.40. The fourth-order valence-corrected chi connectivity index (χ4v) is 4.76. The normalized spacial score (nSPS) is 18.7. The highest BCUT2D eigenvalue weighted by Crippen LogP contribution is 2.24. The minimum atomic E-state index is -3.09. The first-order valence-electron chi connectivity index (χ1n) is 9.24. The maximum atomic E-state index is 13.3. The fraction of sp³-hybridized carbons (Fsp3) is 0.526. The first kappa shape index (κ1) is 22.9. The number of aromatic amines is 1. The Bertz CT molecular complexity index is 956. The summed E-state index contributed by atoms with van der Waals surface area (Å²) in [7, 11) is -3.09. The van der Waals surface area contributed by atoms with Gasteiger partial charge in [-0.25, -0.2) is 12.8 Å². The van der Waals surface area contributed by atoms with Crippen molar-refractivity contribution in [1.82, 2.24) is 15.2 Å². The SMILES string of the molecule is CCNC(=NCCc1c[nH]c2cc(F)ccc12)N1CCS(=O)(=O)C(C)(C)C1.I. The van der Waals surface area contributed by atoms with E-state index < -0.39 is 14.6 Å². The van der Waals surface area contributed by atoms with E-state index in [1.165, 1.54) is 12.1 Å². The number of hydrogen-bond donors (Lipinski definition) is 2. The van der Waals surface area contributed by atoms with E-state index in [1.807, 2.05) is 18.0 Å². The molecule has 28 heavy (non-hydrogen) atoms. The summed E-state index contributed by atoms with van der Waals surface area (Å²) in [4.78, 5) is 9.82. The zero-order chi connectivity index (χ0) is 19.7. The maximum Gasteiger partial charge on any atom is 0.194 e. The van der Waals surface area contributed by atoms with Gasteiger partial charge in [0.15, 0.2) is 15.8 Å². The number of sulfone groups is 1. The average molecular weight is 522 g/mol. The number of H-pyrrole nitrogens is 1. The number of fused-ring (bicyclic) bond motifs is 1. The van der Waals surface area contributed by atoms with Crippen LogP contribution in [0, 0.1) is 5.82 Å². The molecule has 1 fully saturated rings. The molecule has 1 aromatic carbocycles. The predicted molar refractivity (Wildman–Crippen MR) is 123 cm³/mol. The quantitative estimate of drug-likeness (QED) is 0.368. The summed E-state index contributed by atoms with van der Waals surface area (Å²) < 4.78 is 37.0. The summed E-state index contributed by atoms with van der Waals surface area (Å²) in [6, 6.07) is 4.73. The number of halogens is 2. The molecule has 1 aliphatic rings. The molecule has 1 saturated heterocycles. The van der Waals surface area contributed by atoms with Crippen LogP contribution in [0.3, 0.4) is 0 Å². The maximum absolute atomic E-state index is 13.3. The van der Waals surface area contributed by atoms with Gasteiger partial charge in [-0.3, -0.25) is 4.99 Å². The number of nitrogens with one attached hydrogen (secondary N) is 2. The van der Waals surface area contributed by atoms with E-state index in [0.717, 1.165) is 35.4 Å². The zero-order valence-corrected chi connectivity index (χ0v) is 19.6. The van der Waals surface area contributed by atoms with Gasteiger partial charge in [0.05, 0.1) is 10.5 Å². The summed E-state index contributed by atoms with van der Waals surface area (Å²) >= 11 is 0. The molecule has 2 heterocycles. The number of nitrogens with zero attached hydrogens (tertiary/aromatic N) is 2. The molecule has 0 radical (unpaired) electrons. The monoisotopic (exact) mass is 522 g/mol. The van der Waals surface area contributed by atoms with Crippen LogP contribution >= 0.6 is 24.0 Å². The van der Waals surface area contributed by atoms with Gasteiger partial charge in [-0.15, -0.1) is 24.0 Å². The van der Waals surface area contributed by atoms with Crippen molar-refractivity contribution in [3.63, 3.8) is 0 Å². The fourth-order valence-electron chi connectivity index (χ4n) is 3.40. The third kappa shape index (κ3) is 4.79. The standard InChI is InChI=1S/C19H27FN4O2S.HI/c1-4-21-18(24-9-10-27(25,26)19(2,3)13-24)22-8-7-14-12-23-17-11-15(20)5-6-16(14)17;/h5-6,11-12,23H,4,7-10,13H2,1-3H3,(H,21,22);1H. The molecule has 0 bridgehead atoms. The van der Waals surface area contributed by atoms with Crippen LogP contribution in [0.25, 0.3) is 10.9 Å². The van der Waals surface area contributed by atoms with E-state index in [1.54, 1.807) is 19.9 Å². The van der Waals surface area contributed by atoms with Gasteiger partial charge < -0.3 is 15.2 Å². The summed E-state index contributed by atoms with van der Waals surface area (Å²) in [5.41, 5.74) is 1.87. The van der Waals surface area contributed by atoms with Crippen molar-refractivity contribution in [2.45, 2.75) is 31.9 Å². The van der Waals surface area contributed by atoms with Crippen molar-refractivity contribution < 1.29 is 12.8 Å². The van der Waals surface area contributed by atoms with Crippen molar-refractivity contribution >= 4 is 50.7 Å². The lowest BCUT2D eigenvalue weighted by atomic mass is 10.1. The number of guanidine groups is 1. The van der Waals surface area contributed by atoms with Gasteiger partial charge in [-0.2, -0.15) is 0 Å². The van der Waals surface area contributed by atoms with Gasteiger partial charge in [0.1, 0.15) is 5.82 Å². The highest BCUT2D eigenvalue weighted by molar-refractivity contribution is 14.0. The van der Waals surface area contributed by atoms with Crippen LogP contribution in [-0.2, 0) is 16.3 Å². The third-order valence-corrected chi connectivity index (χ3v) is 7.58. The lowest BCUT2D eigenvalue weighted by Gasteiger charge is -2.39. The molecular weight excluding hydrogens is 494 g/mol. The smallest absolute Gasteiger partial charge is 0.194 e. The summed E-state index contributed by atoms with van der Waals surface area (Å²) in [5.74, 6) is 0.621. The summed E-state index contributed by atoms with van der Waals surface area (Å²) in [6.45, 7) is 7.69. The second-order valence-corrected chi connectivity index (χ2v) is 10.2. The Balaban J connectivity index is 0.00000280. The molecule has 2 N–H and O–H groups in total. The van der Waals surface area contributed by atoms with Gasteiger partial charge in [0.25, 0.3) is 0 Å². The third-order valence-electron chi connectivity index (χ3n) is 5.05. The minimum Gasteiger partial charge on any atom is -0.361 e. The molecule has 0 atom stereocenters. The molecule has 0 aliphatic carbocycles. The number of hydrogen-bond acceptors (Lipinski definition) is 3. The second kappa shape index (κ2) is 8.98. The average Bonchev–Trinajstić information content (AvgIpc) is 2.99. The van der Waals surface area contributed by atoms with Crippen LogP contribution in [0.2, 0.25) is 0 Å². The Kier molecular flexibility index (Phi) is 7.35. The molecule has 0 unspecified atom stereocenters. The van der Waals surface area contributed by atoms with E-state index in [2.05, 4.69) is 10.3 Å². The molecule has 3 rings (SSSR count). The Morgan fingerprint density at radius 3 is 2.82 bits per heavy atom. The zero-order valence-electron chi connectivity index (χ0n) is 16.5. The van der Waals surface area contributed by atoms with Crippen molar-refractivity contribution in [2.24, 2.45) is 4.99 Å². The van der Waals surface area contributed by atoms with Crippen LogP contribution < -0.4 is 5.32 Å². The summed E-state index contributed by atoms with van der Waals surface area (Å²) in [6.07, 6.45) is 2.61. The molecule has 6 nitrogen and oxygen atoms in total. The predicted octanol–water partition coefficient (Wildman–Crippen LogP) is 2.94. The van der Waals surface area contributed by atoms with Gasteiger partial charge in [-0.05, 0) is 51.0 Å². The van der Waals surface area contributed by atoms with Crippen LogP contribution in [0.1, 0.15) is 26.3 Å². The van der Waals surface area contributed by atoms with Crippen LogP contribution in [0.4, 0.5) is 4.39 Å². The van der Waals surface area contributed by atoms with E-state index >= 15 is 0 Å². The first-order chi connectivity index (χ1) is 12.7. The molecule has 0 saturated carbocycles. The lowest BCUT2D eigenvalue weighted by Crippen LogP contribution is -2.57. The van der Waals surface area contributed by atoms with Gasteiger partial charge in [0.2, 0.25) is 0 Å². The van der Waals surface area contributed by atoms with Crippen LogP contribution in [0.5, 0.6) is 0 Å². The van der Waals surface area contributed by atoms with Crippen LogP contribution in [-0.4, -0.2) is 60.9 Å². The van der Waals surface area contributed by atoms with Crippen molar-refractivity contribution in [3.8, 4) is 0 Å². The molecule has 9 heteroatoms.